The maximum Gasteiger partial charge on any atom is 0.238 e. The van der Waals surface area contributed by atoms with Gasteiger partial charge in [-0.05, 0) is 31.5 Å². The number of nitrogens with two attached hydrogens (primary N) is 1. The second kappa shape index (κ2) is 6.98. The van der Waals surface area contributed by atoms with Crippen LogP contribution in [-0.2, 0) is 4.79 Å². The van der Waals surface area contributed by atoms with Gasteiger partial charge >= 0.3 is 0 Å². The standard InChI is InChI=1S/C14H19N3O3.ClH/c15-10-2-1-5-17(7-10)8-14(18)16-11-3-4-12-13(6-11)20-9-19-12;/h3-4,6,10H,1-2,5,7-9,15H2,(H,16,18);1H. The van der Waals surface area contributed by atoms with Gasteiger partial charge < -0.3 is 20.5 Å². The summed E-state index contributed by atoms with van der Waals surface area (Å²) in [5, 5.41) is 2.88. The van der Waals surface area contributed by atoms with Crippen molar-refractivity contribution in [2.24, 2.45) is 5.73 Å². The summed E-state index contributed by atoms with van der Waals surface area (Å²) >= 11 is 0. The van der Waals surface area contributed by atoms with Crippen LogP contribution >= 0.6 is 12.4 Å². The Morgan fingerprint density at radius 3 is 3.00 bits per heavy atom. The molecule has 3 N–H and O–H groups in total. The molecule has 0 radical (unpaired) electrons. The van der Waals surface area contributed by atoms with Crippen molar-refractivity contribution < 1.29 is 14.3 Å². The number of anilines is 1. The summed E-state index contributed by atoms with van der Waals surface area (Å²) in [4.78, 5) is 14.1. The quantitative estimate of drug-likeness (QED) is 0.877. The Labute approximate surface area is 130 Å². The van der Waals surface area contributed by atoms with Crippen LogP contribution in [0.4, 0.5) is 5.69 Å². The van der Waals surface area contributed by atoms with E-state index in [9.17, 15) is 4.79 Å². The van der Waals surface area contributed by atoms with E-state index in [-0.39, 0.29) is 31.1 Å². The van der Waals surface area contributed by atoms with Crippen LogP contribution < -0.4 is 20.5 Å². The smallest absolute Gasteiger partial charge is 0.238 e. The Bertz CT molecular complexity index is 512. The summed E-state index contributed by atoms with van der Waals surface area (Å²) < 4.78 is 10.5. The molecule has 1 atom stereocenters. The van der Waals surface area contributed by atoms with Crippen molar-refractivity contribution in [3.8, 4) is 11.5 Å². The van der Waals surface area contributed by atoms with E-state index >= 15 is 0 Å². The highest BCUT2D eigenvalue weighted by atomic mass is 35.5. The molecule has 2 aliphatic rings. The highest BCUT2D eigenvalue weighted by Gasteiger charge is 2.19. The Morgan fingerprint density at radius 2 is 2.19 bits per heavy atom. The fourth-order valence-corrected chi connectivity index (χ4v) is 2.61. The van der Waals surface area contributed by atoms with E-state index in [1.54, 1.807) is 12.1 Å². The van der Waals surface area contributed by atoms with Gasteiger partial charge in [0.15, 0.2) is 11.5 Å². The van der Waals surface area contributed by atoms with Gasteiger partial charge in [-0.15, -0.1) is 12.4 Å². The van der Waals surface area contributed by atoms with Crippen molar-refractivity contribution in [3.05, 3.63) is 18.2 Å². The number of hydrogen-bond acceptors (Lipinski definition) is 5. The summed E-state index contributed by atoms with van der Waals surface area (Å²) in [6, 6.07) is 5.58. The van der Waals surface area contributed by atoms with Crippen LogP contribution in [0, 0.1) is 0 Å². The lowest BCUT2D eigenvalue weighted by molar-refractivity contribution is -0.117. The number of likely N-dealkylation sites (tertiary alicyclic amines) is 1. The first kappa shape index (κ1) is 15.9. The third-order valence-electron chi connectivity index (χ3n) is 3.57. The first-order chi connectivity index (χ1) is 9.70. The van der Waals surface area contributed by atoms with E-state index in [2.05, 4.69) is 10.2 Å². The van der Waals surface area contributed by atoms with Crippen LogP contribution in [0.25, 0.3) is 0 Å². The maximum atomic E-state index is 12.0. The molecular formula is C14H20ClN3O3. The topological polar surface area (TPSA) is 76.8 Å². The summed E-state index contributed by atoms with van der Waals surface area (Å²) in [6.45, 7) is 2.33. The predicted molar refractivity (Wildman–Crippen MR) is 82.1 cm³/mol. The number of hydrogen-bond donors (Lipinski definition) is 2. The van der Waals surface area contributed by atoms with E-state index in [1.807, 2.05) is 6.07 Å². The number of fused-ring (bicyclic) bond motifs is 1. The van der Waals surface area contributed by atoms with E-state index < -0.39 is 0 Å². The van der Waals surface area contributed by atoms with Gasteiger partial charge in [-0.25, -0.2) is 0 Å². The van der Waals surface area contributed by atoms with E-state index in [1.165, 1.54) is 0 Å². The van der Waals surface area contributed by atoms with Crippen LogP contribution in [0.15, 0.2) is 18.2 Å². The largest absolute Gasteiger partial charge is 0.454 e. The highest BCUT2D eigenvalue weighted by Crippen LogP contribution is 2.34. The molecule has 1 amide bonds. The van der Waals surface area contributed by atoms with Crippen LogP contribution in [-0.4, -0.2) is 43.3 Å². The van der Waals surface area contributed by atoms with Crippen molar-refractivity contribution in [2.45, 2.75) is 18.9 Å². The lowest BCUT2D eigenvalue weighted by atomic mass is 10.1. The molecule has 0 spiro atoms. The first-order valence-electron chi connectivity index (χ1n) is 6.88. The van der Waals surface area contributed by atoms with Gasteiger partial charge in [-0.2, -0.15) is 0 Å². The first-order valence-corrected chi connectivity index (χ1v) is 6.88. The van der Waals surface area contributed by atoms with Gasteiger partial charge in [0, 0.05) is 24.3 Å². The molecule has 1 aromatic rings. The number of ether oxygens (including phenoxy) is 2. The molecule has 1 saturated heterocycles. The summed E-state index contributed by atoms with van der Waals surface area (Å²) in [5.74, 6) is 1.35. The highest BCUT2D eigenvalue weighted by molar-refractivity contribution is 5.92. The van der Waals surface area contributed by atoms with Gasteiger partial charge in [0.1, 0.15) is 0 Å². The molecule has 7 heteroatoms. The zero-order valence-corrected chi connectivity index (χ0v) is 12.5. The van der Waals surface area contributed by atoms with Gasteiger partial charge in [0.2, 0.25) is 12.7 Å². The fourth-order valence-electron chi connectivity index (χ4n) is 2.61. The number of nitrogens with zero attached hydrogens (tertiary/aromatic N) is 1. The molecule has 116 valence electrons. The van der Waals surface area contributed by atoms with Crippen molar-refractivity contribution >= 4 is 24.0 Å². The fraction of sp³-hybridized carbons (Fsp3) is 0.500. The molecule has 0 saturated carbocycles. The van der Waals surface area contributed by atoms with Crippen molar-refractivity contribution in [3.63, 3.8) is 0 Å². The summed E-state index contributed by atoms with van der Waals surface area (Å²) in [5.41, 5.74) is 6.63. The monoisotopic (exact) mass is 313 g/mol. The molecule has 0 aromatic heterocycles. The number of carbonyl (C=O) groups excluding carboxylic acids is 1. The average Bonchev–Trinajstić information content (AvgIpc) is 2.86. The summed E-state index contributed by atoms with van der Waals surface area (Å²) in [7, 11) is 0. The Kier molecular flexibility index (Phi) is 5.27. The third-order valence-corrected chi connectivity index (χ3v) is 3.57. The number of piperidine rings is 1. The Balaban J connectivity index is 0.00000161. The lowest BCUT2D eigenvalue weighted by Gasteiger charge is -2.29. The molecule has 1 fully saturated rings. The van der Waals surface area contributed by atoms with Crippen molar-refractivity contribution in [2.75, 3.05) is 31.7 Å². The molecule has 2 heterocycles. The molecule has 6 nitrogen and oxygen atoms in total. The Morgan fingerprint density at radius 1 is 1.38 bits per heavy atom. The Hall–Kier alpha value is -1.50. The minimum absolute atomic E-state index is 0. The van der Waals surface area contributed by atoms with Crippen molar-refractivity contribution in [1.82, 2.24) is 4.90 Å². The van der Waals surface area contributed by atoms with Gasteiger partial charge in [0.05, 0.1) is 6.54 Å². The molecule has 1 unspecified atom stereocenters. The third kappa shape index (κ3) is 4.00. The van der Waals surface area contributed by atoms with Crippen LogP contribution in [0.2, 0.25) is 0 Å². The van der Waals surface area contributed by atoms with Gasteiger partial charge in [-0.1, -0.05) is 0 Å². The maximum absolute atomic E-state index is 12.0. The molecule has 3 rings (SSSR count). The second-order valence-electron chi connectivity index (χ2n) is 5.25. The number of carbonyl (C=O) groups is 1. The number of nitrogens with one attached hydrogen (secondary N) is 1. The van der Waals surface area contributed by atoms with Gasteiger partial charge in [-0.3, -0.25) is 9.69 Å². The molecular weight excluding hydrogens is 294 g/mol. The predicted octanol–water partition coefficient (Wildman–Crippen LogP) is 1.20. The zero-order chi connectivity index (χ0) is 13.9. The number of amides is 1. The average molecular weight is 314 g/mol. The zero-order valence-electron chi connectivity index (χ0n) is 11.7. The second-order valence-corrected chi connectivity index (χ2v) is 5.25. The van der Waals surface area contributed by atoms with Gasteiger partial charge in [0.25, 0.3) is 0 Å². The SMILES string of the molecule is Cl.NC1CCCN(CC(=O)Nc2ccc3c(c2)OCO3)C1. The minimum atomic E-state index is -0.0297. The van der Waals surface area contributed by atoms with Crippen molar-refractivity contribution in [1.29, 1.82) is 0 Å². The number of benzene rings is 1. The van der Waals surface area contributed by atoms with Crippen LogP contribution in [0.1, 0.15) is 12.8 Å². The molecule has 1 aromatic carbocycles. The van der Waals surface area contributed by atoms with E-state index in [0.717, 1.165) is 31.6 Å². The summed E-state index contributed by atoms with van der Waals surface area (Å²) in [6.07, 6.45) is 2.10. The number of halogens is 1. The van der Waals surface area contributed by atoms with E-state index in [4.69, 9.17) is 15.2 Å². The van der Waals surface area contributed by atoms with E-state index in [0.29, 0.717) is 18.0 Å². The molecule has 21 heavy (non-hydrogen) atoms. The molecule has 2 aliphatic heterocycles. The molecule has 0 aliphatic carbocycles. The van der Waals surface area contributed by atoms with Crippen LogP contribution in [0.5, 0.6) is 11.5 Å². The normalized spacial score (nSPS) is 20.7. The molecule has 0 bridgehead atoms. The van der Waals surface area contributed by atoms with Crippen LogP contribution in [0.3, 0.4) is 0 Å². The lowest BCUT2D eigenvalue weighted by Crippen LogP contribution is -2.45. The number of rotatable bonds is 3. The minimum Gasteiger partial charge on any atom is -0.454 e.